The van der Waals surface area contributed by atoms with Gasteiger partial charge in [-0.1, -0.05) is 25.1 Å². The molecular weight excluding hydrogens is 230 g/mol. The molecule has 0 fully saturated rings. The molecule has 0 aliphatic carbocycles. The summed E-state index contributed by atoms with van der Waals surface area (Å²) in [7, 11) is 0. The van der Waals surface area contributed by atoms with Gasteiger partial charge in [-0.2, -0.15) is 0 Å². The Bertz CT molecular complexity index is 366. The molecule has 0 amide bonds. The fourth-order valence-electron chi connectivity index (χ4n) is 1.61. The van der Waals surface area contributed by atoms with Crippen molar-refractivity contribution in [1.82, 2.24) is 5.32 Å². The minimum Gasteiger partial charge on any atom is -0.493 e. The summed E-state index contributed by atoms with van der Waals surface area (Å²) >= 11 is 0. The highest BCUT2D eigenvalue weighted by atomic mass is 16.5. The van der Waals surface area contributed by atoms with Gasteiger partial charge in [-0.15, -0.1) is 0 Å². The highest BCUT2D eigenvalue weighted by Gasteiger charge is 2.02. The summed E-state index contributed by atoms with van der Waals surface area (Å²) < 4.78 is 5.66. The molecule has 0 heterocycles. The monoisotopic (exact) mass is 251 g/mol. The average Bonchev–Trinajstić information content (AvgIpc) is 2.36. The number of hydrogen-bond acceptors (Lipinski definition) is 3. The lowest BCUT2D eigenvalue weighted by atomic mass is 10.1. The zero-order valence-electron chi connectivity index (χ0n) is 10.8. The highest BCUT2D eigenvalue weighted by molar-refractivity contribution is 5.66. The van der Waals surface area contributed by atoms with Crippen molar-refractivity contribution in [3.05, 3.63) is 29.8 Å². The third-order valence-corrected chi connectivity index (χ3v) is 2.52. The van der Waals surface area contributed by atoms with E-state index in [4.69, 9.17) is 9.84 Å². The highest BCUT2D eigenvalue weighted by Crippen LogP contribution is 2.18. The lowest BCUT2D eigenvalue weighted by molar-refractivity contribution is -0.136. The lowest BCUT2D eigenvalue weighted by Crippen LogP contribution is -2.21. The number of carboxylic acids is 1. The van der Waals surface area contributed by atoms with Gasteiger partial charge in [-0.05, 0) is 31.0 Å². The van der Waals surface area contributed by atoms with E-state index in [0.717, 1.165) is 37.3 Å². The molecule has 2 N–H and O–H groups in total. The van der Waals surface area contributed by atoms with Gasteiger partial charge in [0.25, 0.3) is 0 Å². The molecule has 0 saturated carbocycles. The minimum absolute atomic E-state index is 0.161. The van der Waals surface area contributed by atoms with E-state index in [1.807, 2.05) is 24.3 Å². The van der Waals surface area contributed by atoms with E-state index in [1.54, 1.807) is 0 Å². The molecule has 0 unspecified atom stereocenters. The van der Waals surface area contributed by atoms with E-state index in [0.29, 0.717) is 6.54 Å². The molecule has 1 aromatic carbocycles. The van der Waals surface area contributed by atoms with Gasteiger partial charge < -0.3 is 15.2 Å². The van der Waals surface area contributed by atoms with Crippen LogP contribution in [0.4, 0.5) is 0 Å². The maximum Gasteiger partial charge on any atom is 0.304 e. The third-order valence-electron chi connectivity index (χ3n) is 2.52. The number of aliphatic carboxylic acids is 1. The predicted octanol–water partition coefficient (Wildman–Crippen LogP) is 2.08. The molecule has 0 aliphatic rings. The smallest absolute Gasteiger partial charge is 0.304 e. The van der Waals surface area contributed by atoms with E-state index in [9.17, 15) is 4.79 Å². The summed E-state index contributed by atoms with van der Waals surface area (Å²) in [6.07, 6.45) is 2.00. The van der Waals surface area contributed by atoms with Crippen LogP contribution in [0.5, 0.6) is 5.75 Å². The summed E-state index contributed by atoms with van der Waals surface area (Å²) in [4.78, 5) is 10.3. The Labute approximate surface area is 108 Å². The number of rotatable bonds is 9. The summed E-state index contributed by atoms with van der Waals surface area (Å²) in [5.74, 6) is 0.161. The Morgan fingerprint density at radius 1 is 1.33 bits per heavy atom. The Kier molecular flexibility index (Phi) is 6.87. The van der Waals surface area contributed by atoms with E-state index >= 15 is 0 Å². The topological polar surface area (TPSA) is 58.6 Å². The fourth-order valence-corrected chi connectivity index (χ4v) is 1.61. The van der Waals surface area contributed by atoms with E-state index in [-0.39, 0.29) is 6.42 Å². The molecular formula is C14H21NO3. The first-order valence-corrected chi connectivity index (χ1v) is 6.37. The number of hydrogen-bond donors (Lipinski definition) is 2. The Morgan fingerprint density at radius 3 is 2.83 bits per heavy atom. The van der Waals surface area contributed by atoms with Crippen molar-refractivity contribution in [3.63, 3.8) is 0 Å². The van der Waals surface area contributed by atoms with Gasteiger partial charge in [-0.3, -0.25) is 4.79 Å². The number of para-hydroxylation sites is 1. The van der Waals surface area contributed by atoms with Crippen molar-refractivity contribution in [2.75, 3.05) is 19.7 Å². The molecule has 100 valence electrons. The average molecular weight is 251 g/mol. The number of carboxylic acid groups (broad SMARTS) is 1. The second-order valence-electron chi connectivity index (χ2n) is 4.10. The van der Waals surface area contributed by atoms with Crippen LogP contribution >= 0.6 is 0 Å². The molecule has 4 nitrogen and oxygen atoms in total. The molecule has 0 radical (unpaired) electrons. The second-order valence-corrected chi connectivity index (χ2v) is 4.10. The van der Waals surface area contributed by atoms with Gasteiger partial charge >= 0.3 is 5.97 Å². The molecule has 0 bridgehead atoms. The second kappa shape index (κ2) is 8.53. The molecule has 18 heavy (non-hydrogen) atoms. The number of carbonyl (C=O) groups is 1. The van der Waals surface area contributed by atoms with Crippen molar-refractivity contribution < 1.29 is 14.6 Å². The standard InChI is InChI=1S/C14H21NO3/c1-2-11-18-13-6-4-3-5-12(13)7-9-15-10-8-14(16)17/h3-6,15H,2,7-11H2,1H3,(H,16,17). The summed E-state index contributed by atoms with van der Waals surface area (Å²) in [6, 6.07) is 7.98. The number of ether oxygens (including phenoxy) is 1. The first kappa shape index (κ1) is 14.5. The quantitative estimate of drug-likeness (QED) is 0.660. The van der Waals surface area contributed by atoms with Crippen LogP contribution in [0.2, 0.25) is 0 Å². The van der Waals surface area contributed by atoms with E-state index < -0.39 is 5.97 Å². The van der Waals surface area contributed by atoms with Crippen LogP contribution in [0, 0.1) is 0 Å². The maximum atomic E-state index is 10.3. The maximum absolute atomic E-state index is 10.3. The van der Waals surface area contributed by atoms with Crippen molar-refractivity contribution in [1.29, 1.82) is 0 Å². The van der Waals surface area contributed by atoms with E-state index in [2.05, 4.69) is 12.2 Å². The lowest BCUT2D eigenvalue weighted by Gasteiger charge is -2.10. The summed E-state index contributed by atoms with van der Waals surface area (Å²) in [5.41, 5.74) is 1.16. The van der Waals surface area contributed by atoms with Crippen LogP contribution in [0.25, 0.3) is 0 Å². The third kappa shape index (κ3) is 5.68. The van der Waals surface area contributed by atoms with Gasteiger partial charge in [0.2, 0.25) is 0 Å². The van der Waals surface area contributed by atoms with Crippen LogP contribution < -0.4 is 10.1 Å². The van der Waals surface area contributed by atoms with Gasteiger partial charge in [0.1, 0.15) is 5.75 Å². The van der Waals surface area contributed by atoms with Crippen LogP contribution in [-0.2, 0) is 11.2 Å². The van der Waals surface area contributed by atoms with Crippen LogP contribution in [-0.4, -0.2) is 30.8 Å². The normalized spacial score (nSPS) is 10.3. The molecule has 0 aromatic heterocycles. The van der Waals surface area contributed by atoms with Gasteiger partial charge in [0, 0.05) is 6.54 Å². The van der Waals surface area contributed by atoms with Crippen LogP contribution in [0.15, 0.2) is 24.3 Å². The minimum atomic E-state index is -0.769. The molecule has 4 heteroatoms. The summed E-state index contributed by atoms with van der Waals surface area (Å²) in [6.45, 7) is 4.08. The summed E-state index contributed by atoms with van der Waals surface area (Å²) in [5, 5.41) is 11.6. The van der Waals surface area contributed by atoms with Crippen molar-refractivity contribution in [2.24, 2.45) is 0 Å². The molecule has 0 saturated heterocycles. The fraction of sp³-hybridized carbons (Fsp3) is 0.500. The van der Waals surface area contributed by atoms with Gasteiger partial charge in [-0.25, -0.2) is 0 Å². The largest absolute Gasteiger partial charge is 0.493 e. The molecule has 0 spiro atoms. The van der Waals surface area contributed by atoms with Crippen LogP contribution in [0.3, 0.4) is 0 Å². The Balaban J connectivity index is 2.34. The van der Waals surface area contributed by atoms with Gasteiger partial charge in [0.15, 0.2) is 0 Å². The Hall–Kier alpha value is -1.55. The molecule has 1 aromatic rings. The number of benzene rings is 1. The van der Waals surface area contributed by atoms with Crippen molar-refractivity contribution in [3.8, 4) is 5.75 Å². The van der Waals surface area contributed by atoms with Crippen molar-refractivity contribution in [2.45, 2.75) is 26.2 Å². The zero-order valence-corrected chi connectivity index (χ0v) is 10.8. The van der Waals surface area contributed by atoms with Gasteiger partial charge in [0.05, 0.1) is 13.0 Å². The first-order valence-electron chi connectivity index (χ1n) is 6.37. The van der Waals surface area contributed by atoms with E-state index in [1.165, 1.54) is 0 Å². The number of nitrogens with one attached hydrogen (secondary N) is 1. The molecule has 0 atom stereocenters. The Morgan fingerprint density at radius 2 is 2.11 bits per heavy atom. The zero-order chi connectivity index (χ0) is 13.2. The predicted molar refractivity (Wildman–Crippen MR) is 71.1 cm³/mol. The molecule has 1 rings (SSSR count). The first-order chi connectivity index (χ1) is 8.74. The molecule has 0 aliphatic heterocycles. The SMILES string of the molecule is CCCOc1ccccc1CCNCCC(=O)O. The van der Waals surface area contributed by atoms with Crippen molar-refractivity contribution >= 4 is 5.97 Å². The van der Waals surface area contributed by atoms with Crippen LogP contribution in [0.1, 0.15) is 25.3 Å².